The molecule has 2 aromatic rings. The molecule has 0 bridgehead atoms. The number of benzene rings is 1. The van der Waals surface area contributed by atoms with E-state index in [0.29, 0.717) is 32.8 Å². The molecule has 1 aliphatic heterocycles. The molecule has 2 aliphatic rings. The molecule has 0 spiro atoms. The predicted octanol–water partition coefficient (Wildman–Crippen LogP) is 0.759. The predicted molar refractivity (Wildman–Crippen MR) is 137 cm³/mol. The van der Waals surface area contributed by atoms with E-state index in [0.717, 1.165) is 54.0 Å². The van der Waals surface area contributed by atoms with Crippen molar-refractivity contribution < 1.29 is 19.7 Å². The first-order chi connectivity index (χ1) is 17.8. The number of ether oxygens (including phenoxy) is 1. The van der Waals surface area contributed by atoms with Crippen molar-refractivity contribution in [1.82, 2.24) is 24.6 Å². The van der Waals surface area contributed by atoms with E-state index in [1.54, 1.807) is 0 Å². The monoisotopic (exact) mass is 535 g/mol. The van der Waals surface area contributed by atoms with E-state index >= 15 is 0 Å². The maximum absolute atomic E-state index is 13.1. The minimum Gasteiger partial charge on any atom is -0.390 e. The van der Waals surface area contributed by atoms with Gasteiger partial charge in [0.25, 0.3) is 11.5 Å². The Bertz CT molecular complexity index is 1190. The summed E-state index contributed by atoms with van der Waals surface area (Å²) in [7, 11) is 0. The van der Waals surface area contributed by atoms with Gasteiger partial charge in [0.15, 0.2) is 0 Å². The topological polar surface area (TPSA) is 139 Å². The number of hydrogen-bond donors (Lipinski definition) is 3. The molecule has 1 saturated carbocycles. The summed E-state index contributed by atoms with van der Waals surface area (Å²) < 4.78 is 7.21. The van der Waals surface area contributed by atoms with Gasteiger partial charge in [-0.2, -0.15) is 9.78 Å². The Balaban J connectivity index is 1.52. The van der Waals surface area contributed by atoms with Crippen molar-refractivity contribution in [3.05, 3.63) is 55.8 Å². The second kappa shape index (κ2) is 12.8. The Labute approximate surface area is 219 Å². The molecule has 37 heavy (non-hydrogen) atoms. The molecule has 2 heterocycles. The molecule has 1 saturated heterocycles. The van der Waals surface area contributed by atoms with Crippen molar-refractivity contribution in [3.63, 3.8) is 0 Å². The second-order valence-corrected chi connectivity index (χ2v) is 10.1. The minimum absolute atomic E-state index is 0.0230. The number of nitrogens with one attached hydrogen (secondary N) is 1. The highest BCUT2D eigenvalue weighted by Gasteiger charge is 2.24. The van der Waals surface area contributed by atoms with Crippen molar-refractivity contribution in [2.45, 2.75) is 57.4 Å². The number of morpholine rings is 1. The molecule has 2 fully saturated rings. The SMILES string of the molecule is O=C(NC(O)C1CCCCCC1)c1cc(-n2ncc(=O)n(CC(O)CN3CCOCC3)c2=O)ccc1Cl. The molecule has 202 valence electrons. The van der Waals surface area contributed by atoms with Crippen LogP contribution in [-0.4, -0.2) is 80.5 Å². The lowest BCUT2D eigenvalue weighted by Gasteiger charge is -2.28. The Kier molecular flexibility index (Phi) is 9.49. The molecule has 2 atom stereocenters. The van der Waals surface area contributed by atoms with E-state index in [9.17, 15) is 24.6 Å². The molecule has 1 aromatic carbocycles. The summed E-state index contributed by atoms with van der Waals surface area (Å²) in [6.45, 7) is 2.56. The lowest BCUT2D eigenvalue weighted by Crippen LogP contribution is -2.46. The molecule has 0 radical (unpaired) electrons. The Morgan fingerprint density at radius 3 is 2.51 bits per heavy atom. The van der Waals surface area contributed by atoms with Gasteiger partial charge in [0.1, 0.15) is 12.4 Å². The molecule has 1 aliphatic carbocycles. The number of amides is 1. The summed E-state index contributed by atoms with van der Waals surface area (Å²) in [5.41, 5.74) is -1.09. The average Bonchev–Trinajstić information content (AvgIpc) is 3.17. The third kappa shape index (κ3) is 7.05. The van der Waals surface area contributed by atoms with E-state index in [2.05, 4.69) is 10.4 Å². The fourth-order valence-corrected chi connectivity index (χ4v) is 5.11. The third-order valence-corrected chi connectivity index (χ3v) is 7.32. The Hall–Kier alpha value is -2.57. The van der Waals surface area contributed by atoms with Crippen LogP contribution in [0, 0.1) is 5.92 Å². The highest BCUT2D eigenvalue weighted by molar-refractivity contribution is 6.33. The van der Waals surface area contributed by atoms with Gasteiger partial charge in [-0.3, -0.25) is 19.1 Å². The fourth-order valence-electron chi connectivity index (χ4n) is 4.91. The molecular formula is C25H34ClN5O6. The average molecular weight is 536 g/mol. The van der Waals surface area contributed by atoms with Gasteiger partial charge >= 0.3 is 5.69 Å². The van der Waals surface area contributed by atoms with E-state index in [1.807, 2.05) is 4.90 Å². The zero-order valence-electron chi connectivity index (χ0n) is 20.7. The van der Waals surface area contributed by atoms with E-state index in [1.165, 1.54) is 18.2 Å². The zero-order valence-corrected chi connectivity index (χ0v) is 21.5. The molecule has 11 nitrogen and oxygen atoms in total. The highest BCUT2D eigenvalue weighted by atomic mass is 35.5. The first kappa shape index (κ1) is 27.5. The number of aliphatic hydroxyl groups excluding tert-OH is 2. The molecule has 1 amide bonds. The lowest BCUT2D eigenvalue weighted by molar-refractivity contribution is 0.0110. The summed E-state index contributed by atoms with van der Waals surface area (Å²) in [4.78, 5) is 40.5. The van der Waals surface area contributed by atoms with Gasteiger partial charge < -0.3 is 20.3 Å². The number of hydrogen-bond acceptors (Lipinski definition) is 8. The maximum atomic E-state index is 13.1. The fraction of sp³-hybridized carbons (Fsp3) is 0.600. The van der Waals surface area contributed by atoms with Gasteiger partial charge in [-0.1, -0.05) is 37.3 Å². The van der Waals surface area contributed by atoms with Crippen molar-refractivity contribution in [2.24, 2.45) is 5.92 Å². The van der Waals surface area contributed by atoms with Crippen molar-refractivity contribution in [1.29, 1.82) is 0 Å². The molecule has 2 unspecified atom stereocenters. The number of aliphatic hydroxyl groups is 2. The zero-order chi connectivity index (χ0) is 26.4. The number of rotatable bonds is 8. The van der Waals surface area contributed by atoms with Crippen LogP contribution < -0.4 is 16.6 Å². The van der Waals surface area contributed by atoms with Crippen molar-refractivity contribution >= 4 is 17.5 Å². The van der Waals surface area contributed by atoms with Gasteiger partial charge in [0, 0.05) is 25.6 Å². The van der Waals surface area contributed by atoms with Crippen LogP contribution in [-0.2, 0) is 11.3 Å². The van der Waals surface area contributed by atoms with Crippen LogP contribution in [0.1, 0.15) is 48.9 Å². The number of nitrogens with zero attached hydrogens (tertiary/aromatic N) is 4. The number of carbonyl (C=O) groups is 1. The first-order valence-electron chi connectivity index (χ1n) is 12.8. The quantitative estimate of drug-likeness (QED) is 0.332. The van der Waals surface area contributed by atoms with Gasteiger partial charge in [0.05, 0.1) is 42.1 Å². The summed E-state index contributed by atoms with van der Waals surface area (Å²) in [6, 6.07) is 4.36. The van der Waals surface area contributed by atoms with Gasteiger partial charge in [-0.05, 0) is 31.0 Å². The van der Waals surface area contributed by atoms with Crippen LogP contribution in [0.5, 0.6) is 0 Å². The largest absolute Gasteiger partial charge is 0.390 e. The van der Waals surface area contributed by atoms with Crippen LogP contribution in [0.15, 0.2) is 34.0 Å². The maximum Gasteiger partial charge on any atom is 0.352 e. The number of aromatic nitrogens is 3. The number of carbonyl (C=O) groups excluding carboxylic acids is 1. The number of β-amino-alcohol motifs (C(OH)–C–C–N with tert-alkyl or cyclic N) is 1. The van der Waals surface area contributed by atoms with Gasteiger partial charge in [-0.25, -0.2) is 4.79 Å². The van der Waals surface area contributed by atoms with E-state index in [-0.39, 0.29) is 28.7 Å². The highest BCUT2D eigenvalue weighted by Crippen LogP contribution is 2.25. The normalized spacial score (nSPS) is 19.2. The minimum atomic E-state index is -0.999. The lowest BCUT2D eigenvalue weighted by atomic mass is 9.98. The summed E-state index contributed by atoms with van der Waals surface area (Å²) in [5.74, 6) is -0.587. The van der Waals surface area contributed by atoms with Gasteiger partial charge in [-0.15, -0.1) is 0 Å². The smallest absolute Gasteiger partial charge is 0.352 e. The van der Waals surface area contributed by atoms with Gasteiger partial charge in [0.2, 0.25) is 0 Å². The molecule has 4 rings (SSSR count). The molecule has 1 aromatic heterocycles. The van der Waals surface area contributed by atoms with Crippen molar-refractivity contribution in [3.8, 4) is 5.69 Å². The summed E-state index contributed by atoms with van der Waals surface area (Å²) in [5, 5.41) is 27.9. The first-order valence-corrected chi connectivity index (χ1v) is 13.2. The van der Waals surface area contributed by atoms with Crippen molar-refractivity contribution in [2.75, 3.05) is 32.8 Å². The summed E-state index contributed by atoms with van der Waals surface area (Å²) in [6.07, 6.45) is 5.00. The molecular weight excluding hydrogens is 502 g/mol. The van der Waals surface area contributed by atoms with Crippen LogP contribution in [0.2, 0.25) is 5.02 Å². The second-order valence-electron chi connectivity index (χ2n) is 9.69. The molecule has 12 heteroatoms. The van der Waals surface area contributed by atoms with E-state index in [4.69, 9.17) is 16.3 Å². The Morgan fingerprint density at radius 1 is 1.11 bits per heavy atom. The van der Waals surface area contributed by atoms with Crippen LogP contribution >= 0.6 is 11.6 Å². The summed E-state index contributed by atoms with van der Waals surface area (Å²) >= 11 is 6.28. The van der Waals surface area contributed by atoms with Crippen LogP contribution in [0.25, 0.3) is 5.69 Å². The van der Waals surface area contributed by atoms with E-state index < -0.39 is 29.5 Å². The number of halogens is 1. The Morgan fingerprint density at radius 2 is 1.81 bits per heavy atom. The molecule has 3 N–H and O–H groups in total. The van der Waals surface area contributed by atoms with Crippen LogP contribution in [0.3, 0.4) is 0 Å². The third-order valence-electron chi connectivity index (χ3n) is 6.99. The van der Waals surface area contributed by atoms with Crippen LogP contribution in [0.4, 0.5) is 0 Å². The standard InChI is InChI=1S/C25H34ClN5O6/c26-21-8-7-18(13-20(21)24(35)28-23(34)17-5-3-1-2-4-6-17)31-25(36)30(22(33)14-27-31)16-19(32)15-29-9-11-37-12-10-29/h7-8,13-14,17,19,23,32,34H,1-6,9-12,15-16H2,(H,28,35).